The SMILES string of the molecule is N#CC(Br)(Br)C(Cc1ccccc1)S(=O)[O-]. The molecule has 0 saturated heterocycles. The quantitative estimate of drug-likeness (QED) is 0.608. The molecule has 0 aliphatic rings. The van der Waals surface area contributed by atoms with Crippen molar-refractivity contribution in [1.82, 2.24) is 0 Å². The number of nitriles is 1. The summed E-state index contributed by atoms with van der Waals surface area (Å²) >= 11 is 3.80. The molecule has 2 unspecified atom stereocenters. The topological polar surface area (TPSA) is 63.9 Å². The molecule has 0 fully saturated rings. The smallest absolute Gasteiger partial charge is 0.179 e. The lowest BCUT2D eigenvalue weighted by molar-refractivity contribution is 0.520. The first-order chi connectivity index (χ1) is 7.47. The predicted molar refractivity (Wildman–Crippen MR) is 69.1 cm³/mol. The van der Waals surface area contributed by atoms with E-state index in [1.54, 1.807) is 0 Å². The summed E-state index contributed by atoms with van der Waals surface area (Å²) in [5.41, 5.74) is 0.871. The Hall–Kier alpha value is -0.220. The highest BCUT2D eigenvalue weighted by Gasteiger charge is 2.34. The van der Waals surface area contributed by atoms with Gasteiger partial charge in [-0.2, -0.15) is 5.26 Å². The third kappa shape index (κ3) is 3.67. The van der Waals surface area contributed by atoms with Gasteiger partial charge < -0.3 is 4.55 Å². The number of alkyl halides is 2. The fourth-order valence-electron chi connectivity index (χ4n) is 1.22. The zero-order valence-corrected chi connectivity index (χ0v) is 12.1. The summed E-state index contributed by atoms with van der Waals surface area (Å²) in [6.07, 6.45) is 0.279. The largest absolute Gasteiger partial charge is 0.772 e. The zero-order chi connectivity index (χ0) is 12.2. The van der Waals surface area contributed by atoms with Gasteiger partial charge in [0, 0.05) is 0 Å². The average Bonchev–Trinajstić information content (AvgIpc) is 2.26. The lowest BCUT2D eigenvalue weighted by Crippen LogP contribution is -2.34. The first kappa shape index (κ1) is 13.8. The van der Waals surface area contributed by atoms with Gasteiger partial charge in [0.15, 0.2) is 3.23 Å². The van der Waals surface area contributed by atoms with Gasteiger partial charge in [-0.1, -0.05) is 62.2 Å². The van der Waals surface area contributed by atoms with Crippen LogP contribution in [0.15, 0.2) is 30.3 Å². The molecule has 0 N–H and O–H groups in total. The summed E-state index contributed by atoms with van der Waals surface area (Å²) < 4.78 is 20.9. The molecule has 0 saturated carbocycles. The van der Waals surface area contributed by atoms with E-state index in [0.29, 0.717) is 0 Å². The van der Waals surface area contributed by atoms with Gasteiger partial charge in [0.05, 0.1) is 11.3 Å². The molecule has 1 aromatic rings. The summed E-state index contributed by atoms with van der Waals surface area (Å²) in [5.74, 6) is 0. The van der Waals surface area contributed by atoms with Gasteiger partial charge in [0.25, 0.3) is 0 Å². The Bertz CT molecular complexity index is 417. The van der Waals surface area contributed by atoms with Crippen molar-refractivity contribution in [1.29, 1.82) is 5.26 Å². The molecule has 6 heteroatoms. The molecule has 1 rings (SSSR count). The van der Waals surface area contributed by atoms with E-state index in [4.69, 9.17) is 5.26 Å². The van der Waals surface area contributed by atoms with Crippen molar-refractivity contribution >= 4 is 42.9 Å². The zero-order valence-electron chi connectivity index (χ0n) is 8.10. The van der Waals surface area contributed by atoms with Crippen LogP contribution in [0.5, 0.6) is 0 Å². The maximum Gasteiger partial charge on any atom is 0.179 e. The number of nitrogens with zero attached hydrogens (tertiary/aromatic N) is 1. The van der Waals surface area contributed by atoms with Crippen LogP contribution in [-0.2, 0) is 17.5 Å². The second-order valence-electron chi connectivity index (χ2n) is 3.17. The van der Waals surface area contributed by atoms with E-state index in [-0.39, 0.29) is 6.42 Å². The third-order valence-corrected chi connectivity index (χ3v) is 5.10. The molecule has 1 aromatic carbocycles. The van der Waals surface area contributed by atoms with Gasteiger partial charge in [0.1, 0.15) is 0 Å². The molecule has 0 heterocycles. The van der Waals surface area contributed by atoms with Crippen LogP contribution in [0.25, 0.3) is 0 Å². The van der Waals surface area contributed by atoms with Gasteiger partial charge in [-0.25, -0.2) is 0 Å². The third-order valence-electron chi connectivity index (χ3n) is 2.05. The normalized spacial score (nSPS) is 15.1. The lowest BCUT2D eigenvalue weighted by Gasteiger charge is -2.26. The van der Waals surface area contributed by atoms with Crippen molar-refractivity contribution in [3.05, 3.63) is 35.9 Å². The van der Waals surface area contributed by atoms with Gasteiger partial charge in [-0.15, -0.1) is 0 Å². The number of hydrogen-bond donors (Lipinski definition) is 0. The first-order valence-corrected chi connectivity index (χ1v) is 7.11. The van der Waals surface area contributed by atoms with Gasteiger partial charge >= 0.3 is 0 Å². The van der Waals surface area contributed by atoms with Crippen LogP contribution in [-0.4, -0.2) is 17.2 Å². The highest BCUT2D eigenvalue weighted by molar-refractivity contribution is 9.25. The van der Waals surface area contributed by atoms with E-state index in [1.807, 2.05) is 36.4 Å². The second kappa shape index (κ2) is 5.92. The molecule has 0 radical (unpaired) electrons. The average molecular weight is 366 g/mol. The molecule has 3 nitrogen and oxygen atoms in total. The minimum atomic E-state index is -2.34. The van der Waals surface area contributed by atoms with E-state index < -0.39 is 19.6 Å². The van der Waals surface area contributed by atoms with Crippen LogP contribution >= 0.6 is 31.9 Å². The summed E-state index contributed by atoms with van der Waals surface area (Å²) in [5, 5.41) is 8.03. The Morgan fingerprint density at radius 1 is 1.44 bits per heavy atom. The number of halogens is 2. The summed E-state index contributed by atoms with van der Waals surface area (Å²) in [4.78, 5) is 0. The van der Waals surface area contributed by atoms with E-state index >= 15 is 0 Å². The van der Waals surface area contributed by atoms with Gasteiger partial charge in [-0.3, -0.25) is 4.21 Å². The van der Waals surface area contributed by atoms with Crippen LogP contribution < -0.4 is 0 Å². The summed E-state index contributed by atoms with van der Waals surface area (Å²) in [7, 11) is 0. The van der Waals surface area contributed by atoms with Gasteiger partial charge in [0.2, 0.25) is 0 Å². The predicted octanol–water partition coefficient (Wildman–Crippen LogP) is 2.49. The Balaban J connectivity index is 2.91. The second-order valence-corrected chi connectivity index (χ2v) is 7.83. The molecular weight excluding hydrogens is 358 g/mol. The van der Waals surface area contributed by atoms with Crippen molar-refractivity contribution < 1.29 is 8.76 Å². The molecule has 0 spiro atoms. The number of rotatable bonds is 4. The molecule has 16 heavy (non-hydrogen) atoms. The van der Waals surface area contributed by atoms with Crippen molar-refractivity contribution in [2.24, 2.45) is 0 Å². The molecule has 2 atom stereocenters. The van der Waals surface area contributed by atoms with Crippen LogP contribution in [0.2, 0.25) is 0 Å². The fourth-order valence-corrected chi connectivity index (χ4v) is 3.08. The minimum Gasteiger partial charge on any atom is -0.772 e. The minimum absolute atomic E-state index is 0.279. The number of hydrogen-bond acceptors (Lipinski definition) is 3. The van der Waals surface area contributed by atoms with Gasteiger partial charge in [-0.05, 0) is 23.1 Å². The van der Waals surface area contributed by atoms with Crippen LogP contribution in [0.1, 0.15) is 5.56 Å². The van der Waals surface area contributed by atoms with Crippen LogP contribution in [0.4, 0.5) is 0 Å². The maximum absolute atomic E-state index is 11.1. The molecular formula is C10H8Br2NO2S-. The molecule has 0 amide bonds. The van der Waals surface area contributed by atoms with E-state index in [9.17, 15) is 8.76 Å². The summed E-state index contributed by atoms with van der Waals surface area (Å²) in [6.45, 7) is 0. The van der Waals surface area contributed by atoms with Crippen molar-refractivity contribution in [2.75, 3.05) is 0 Å². The van der Waals surface area contributed by atoms with Crippen molar-refractivity contribution in [2.45, 2.75) is 14.9 Å². The van der Waals surface area contributed by atoms with Crippen molar-refractivity contribution in [3.63, 3.8) is 0 Å². The molecule has 0 aliphatic heterocycles. The lowest BCUT2D eigenvalue weighted by atomic mass is 10.1. The first-order valence-electron chi connectivity index (χ1n) is 4.38. The molecule has 86 valence electrons. The van der Waals surface area contributed by atoms with E-state index in [0.717, 1.165) is 5.56 Å². The Morgan fingerprint density at radius 2 is 2.00 bits per heavy atom. The molecule has 0 aliphatic carbocycles. The summed E-state index contributed by atoms with van der Waals surface area (Å²) in [6, 6.07) is 11.1. The Kier molecular flexibility index (Phi) is 5.12. The standard InChI is InChI=1S/C10H9Br2NO2S/c11-10(12,7-13)9(16(14)15)6-8-4-2-1-3-5-8/h1-5,9H,6H2,(H,14,15)/p-1. The molecule has 0 bridgehead atoms. The monoisotopic (exact) mass is 364 g/mol. The Labute approximate surface area is 113 Å². The van der Waals surface area contributed by atoms with Crippen molar-refractivity contribution in [3.8, 4) is 6.07 Å². The van der Waals surface area contributed by atoms with E-state index in [1.165, 1.54) is 0 Å². The fraction of sp³-hybridized carbons (Fsp3) is 0.300. The maximum atomic E-state index is 11.1. The van der Waals surface area contributed by atoms with E-state index in [2.05, 4.69) is 31.9 Å². The molecule has 0 aromatic heterocycles. The highest BCUT2D eigenvalue weighted by Crippen LogP contribution is 2.34. The van der Waals surface area contributed by atoms with Crippen LogP contribution in [0.3, 0.4) is 0 Å². The number of benzene rings is 1. The Morgan fingerprint density at radius 3 is 2.44 bits per heavy atom. The highest BCUT2D eigenvalue weighted by atomic mass is 79.9. The van der Waals surface area contributed by atoms with Crippen LogP contribution in [0, 0.1) is 11.3 Å².